The predicted octanol–water partition coefficient (Wildman–Crippen LogP) is 1.02. The van der Waals surface area contributed by atoms with Crippen molar-refractivity contribution in [1.82, 2.24) is 4.90 Å². The molecule has 2 fully saturated rings. The van der Waals surface area contributed by atoms with E-state index in [4.69, 9.17) is 5.11 Å². The van der Waals surface area contributed by atoms with Crippen LogP contribution in [0.4, 0.5) is 0 Å². The Hall–Kier alpha value is -0.570. The molecule has 0 atom stereocenters. The molecule has 1 saturated carbocycles. The van der Waals surface area contributed by atoms with Crippen molar-refractivity contribution in [3.63, 3.8) is 0 Å². The minimum Gasteiger partial charge on any atom is -0.393 e. The van der Waals surface area contributed by atoms with Gasteiger partial charge in [0.15, 0.2) is 0 Å². The smallest absolute Gasteiger partial charge is 0.225 e. The lowest BCUT2D eigenvalue weighted by atomic mass is 9.81. The zero-order valence-corrected chi connectivity index (χ0v) is 8.99. The summed E-state index contributed by atoms with van der Waals surface area (Å²) in [5, 5.41) is 9.14. The second kappa shape index (κ2) is 3.23. The quantitative estimate of drug-likeness (QED) is 0.681. The van der Waals surface area contributed by atoms with Gasteiger partial charge in [0.1, 0.15) is 0 Å². The van der Waals surface area contributed by atoms with E-state index in [-0.39, 0.29) is 23.3 Å². The van der Waals surface area contributed by atoms with Crippen LogP contribution in [0.5, 0.6) is 0 Å². The summed E-state index contributed by atoms with van der Waals surface area (Å²) < 4.78 is 0. The van der Waals surface area contributed by atoms with Gasteiger partial charge in [-0.1, -0.05) is 13.8 Å². The molecule has 0 radical (unpaired) electrons. The van der Waals surface area contributed by atoms with Crippen molar-refractivity contribution in [2.45, 2.75) is 39.2 Å². The maximum absolute atomic E-state index is 11.9. The number of amides is 1. The first-order chi connectivity index (χ1) is 6.48. The zero-order chi connectivity index (χ0) is 10.3. The molecule has 0 bridgehead atoms. The number of carbonyl (C=O) groups is 1. The number of rotatable bonds is 1. The Labute approximate surface area is 85.1 Å². The lowest BCUT2D eigenvalue weighted by molar-refractivity contribution is -0.141. The van der Waals surface area contributed by atoms with Crippen molar-refractivity contribution in [1.29, 1.82) is 0 Å². The molecule has 14 heavy (non-hydrogen) atoms. The molecule has 1 aliphatic carbocycles. The molecule has 0 unspecified atom stereocenters. The van der Waals surface area contributed by atoms with Crippen LogP contribution in [0.2, 0.25) is 0 Å². The Morgan fingerprint density at radius 1 is 1.43 bits per heavy atom. The number of likely N-dealkylation sites (tertiary alicyclic amines) is 1. The second-order valence-corrected chi connectivity index (χ2v) is 5.50. The fraction of sp³-hybridized carbons (Fsp3) is 0.909. The summed E-state index contributed by atoms with van der Waals surface area (Å²) in [6.07, 6.45) is 2.24. The highest BCUT2D eigenvalue weighted by molar-refractivity contribution is 5.80. The van der Waals surface area contributed by atoms with Crippen LogP contribution in [0.25, 0.3) is 0 Å². The van der Waals surface area contributed by atoms with Crippen LogP contribution in [0.15, 0.2) is 0 Å². The first-order valence-electron chi connectivity index (χ1n) is 5.45. The molecule has 80 valence electrons. The summed E-state index contributed by atoms with van der Waals surface area (Å²) in [7, 11) is 0. The Kier molecular flexibility index (Phi) is 2.30. The van der Waals surface area contributed by atoms with Gasteiger partial charge < -0.3 is 10.0 Å². The number of aliphatic hydroxyl groups excluding tert-OH is 1. The lowest BCUT2D eigenvalue weighted by Crippen LogP contribution is -2.43. The van der Waals surface area contributed by atoms with Gasteiger partial charge in [0.05, 0.1) is 6.10 Å². The molecule has 0 spiro atoms. The predicted molar refractivity (Wildman–Crippen MR) is 53.7 cm³/mol. The maximum Gasteiger partial charge on any atom is 0.225 e. The van der Waals surface area contributed by atoms with Crippen molar-refractivity contribution in [3.8, 4) is 0 Å². The van der Waals surface area contributed by atoms with Gasteiger partial charge in [-0.2, -0.15) is 0 Å². The first-order valence-corrected chi connectivity index (χ1v) is 5.45. The van der Waals surface area contributed by atoms with Crippen LogP contribution in [0.1, 0.15) is 33.1 Å². The van der Waals surface area contributed by atoms with Crippen molar-refractivity contribution in [3.05, 3.63) is 0 Å². The van der Waals surface area contributed by atoms with E-state index >= 15 is 0 Å². The van der Waals surface area contributed by atoms with Crippen LogP contribution in [0, 0.1) is 11.3 Å². The van der Waals surface area contributed by atoms with E-state index in [0.717, 1.165) is 19.5 Å². The van der Waals surface area contributed by atoms with Gasteiger partial charge in [0, 0.05) is 19.0 Å². The molecule has 1 N–H and O–H groups in total. The van der Waals surface area contributed by atoms with E-state index < -0.39 is 0 Å². The summed E-state index contributed by atoms with van der Waals surface area (Å²) in [6.45, 7) is 6.20. The van der Waals surface area contributed by atoms with Crippen LogP contribution in [-0.2, 0) is 4.79 Å². The van der Waals surface area contributed by atoms with Gasteiger partial charge in [-0.15, -0.1) is 0 Å². The third kappa shape index (κ3) is 1.78. The third-order valence-electron chi connectivity index (χ3n) is 3.45. The average molecular weight is 197 g/mol. The molecular formula is C11H19NO2. The van der Waals surface area contributed by atoms with Gasteiger partial charge in [-0.3, -0.25) is 4.79 Å². The molecule has 1 saturated heterocycles. The number of carbonyl (C=O) groups excluding carboxylic acids is 1. The topological polar surface area (TPSA) is 40.5 Å². The molecule has 2 aliphatic rings. The van der Waals surface area contributed by atoms with Crippen molar-refractivity contribution in [2.24, 2.45) is 11.3 Å². The average Bonchev–Trinajstić information content (AvgIpc) is 2.39. The van der Waals surface area contributed by atoms with Crippen LogP contribution >= 0.6 is 0 Å². The van der Waals surface area contributed by atoms with Gasteiger partial charge in [0.25, 0.3) is 0 Å². The third-order valence-corrected chi connectivity index (χ3v) is 3.45. The van der Waals surface area contributed by atoms with E-state index in [1.807, 2.05) is 4.90 Å². The number of hydrogen-bond donors (Lipinski definition) is 1. The Morgan fingerprint density at radius 3 is 2.50 bits per heavy atom. The SMILES string of the molecule is CC1(C)CCN(C(=O)C2CC(O)C2)C1. The van der Waals surface area contributed by atoms with E-state index in [9.17, 15) is 4.79 Å². The molecule has 2 rings (SSSR count). The number of aliphatic hydroxyl groups is 1. The molecule has 1 heterocycles. The fourth-order valence-electron chi connectivity index (χ4n) is 2.35. The fourth-order valence-corrected chi connectivity index (χ4v) is 2.35. The van der Waals surface area contributed by atoms with Gasteiger partial charge in [0.2, 0.25) is 5.91 Å². The van der Waals surface area contributed by atoms with Crippen molar-refractivity contribution in [2.75, 3.05) is 13.1 Å². The molecule has 0 aromatic rings. The standard InChI is InChI=1S/C11H19NO2/c1-11(2)3-4-12(7-11)10(14)8-5-9(13)6-8/h8-9,13H,3-7H2,1-2H3. The molecule has 0 aromatic heterocycles. The molecule has 3 heteroatoms. The van der Waals surface area contributed by atoms with E-state index in [1.165, 1.54) is 0 Å². The summed E-state index contributed by atoms with van der Waals surface area (Å²) in [4.78, 5) is 13.8. The number of hydrogen-bond acceptors (Lipinski definition) is 2. The van der Waals surface area contributed by atoms with Crippen molar-refractivity contribution >= 4 is 5.91 Å². The van der Waals surface area contributed by atoms with Gasteiger partial charge >= 0.3 is 0 Å². The zero-order valence-electron chi connectivity index (χ0n) is 8.99. The Balaban J connectivity index is 1.88. The van der Waals surface area contributed by atoms with Gasteiger partial charge in [-0.25, -0.2) is 0 Å². The highest BCUT2D eigenvalue weighted by atomic mass is 16.3. The normalized spacial score (nSPS) is 35.5. The molecule has 0 aromatic carbocycles. The van der Waals surface area contributed by atoms with Crippen LogP contribution < -0.4 is 0 Å². The van der Waals surface area contributed by atoms with Crippen molar-refractivity contribution < 1.29 is 9.90 Å². The minimum absolute atomic E-state index is 0.110. The maximum atomic E-state index is 11.9. The van der Waals surface area contributed by atoms with E-state index in [2.05, 4.69) is 13.8 Å². The lowest BCUT2D eigenvalue weighted by Gasteiger charge is -2.33. The number of nitrogens with zero attached hydrogens (tertiary/aromatic N) is 1. The summed E-state index contributed by atoms with van der Waals surface area (Å²) in [5.41, 5.74) is 0.290. The van der Waals surface area contributed by atoms with Crippen LogP contribution in [-0.4, -0.2) is 35.1 Å². The minimum atomic E-state index is -0.223. The van der Waals surface area contributed by atoms with Crippen LogP contribution in [0.3, 0.4) is 0 Å². The molecular weight excluding hydrogens is 178 g/mol. The first kappa shape index (κ1) is 9.97. The highest BCUT2D eigenvalue weighted by Gasteiger charge is 2.39. The summed E-state index contributed by atoms with van der Waals surface area (Å²) in [5.74, 6) is 0.375. The van der Waals surface area contributed by atoms with E-state index in [1.54, 1.807) is 0 Å². The molecule has 1 amide bonds. The largest absolute Gasteiger partial charge is 0.393 e. The second-order valence-electron chi connectivity index (χ2n) is 5.50. The summed E-state index contributed by atoms with van der Waals surface area (Å²) >= 11 is 0. The summed E-state index contributed by atoms with van der Waals surface area (Å²) in [6, 6.07) is 0. The highest BCUT2D eigenvalue weighted by Crippen LogP contribution is 2.34. The monoisotopic (exact) mass is 197 g/mol. The molecule has 3 nitrogen and oxygen atoms in total. The van der Waals surface area contributed by atoms with E-state index in [0.29, 0.717) is 12.8 Å². The Bertz CT molecular complexity index is 244. The molecule has 1 aliphatic heterocycles. The van der Waals surface area contributed by atoms with Gasteiger partial charge in [-0.05, 0) is 24.7 Å². The Morgan fingerprint density at radius 2 is 2.07 bits per heavy atom.